The minimum atomic E-state index is -0.756. The number of hydrogen-bond acceptors (Lipinski definition) is 6. The maximum absolute atomic E-state index is 12.4. The first-order valence-corrected chi connectivity index (χ1v) is 7.84. The van der Waals surface area contributed by atoms with Crippen molar-refractivity contribution >= 4 is 32.9 Å². The highest BCUT2D eigenvalue weighted by Crippen LogP contribution is 2.36. The second-order valence-electron chi connectivity index (χ2n) is 5.85. The predicted octanol–water partition coefficient (Wildman–Crippen LogP) is 4.02. The topological polar surface area (TPSA) is 93.8 Å². The van der Waals surface area contributed by atoms with Gasteiger partial charge in [-0.15, -0.1) is 0 Å². The molecule has 0 saturated carbocycles. The van der Waals surface area contributed by atoms with E-state index in [0.717, 1.165) is 0 Å². The number of hydrogen-bond donors (Lipinski definition) is 1. The zero-order valence-electron chi connectivity index (χ0n) is 13.2. The average molecular weight is 346 g/mol. The van der Waals surface area contributed by atoms with Crippen LogP contribution < -0.4 is 11.3 Å². The summed E-state index contributed by atoms with van der Waals surface area (Å²) in [6.07, 6.45) is 0. The molecule has 0 aliphatic rings. The second kappa shape index (κ2) is 5.10. The molecule has 0 fully saturated rings. The zero-order valence-corrected chi connectivity index (χ0v) is 13.2. The molecule has 6 heteroatoms. The Kier molecular flexibility index (Phi) is 2.85. The van der Waals surface area contributed by atoms with Gasteiger partial charge in [-0.05, 0) is 24.3 Å². The lowest BCUT2D eigenvalue weighted by atomic mass is 10.1. The van der Waals surface area contributed by atoms with Crippen LogP contribution in [0.3, 0.4) is 0 Å². The Balaban J connectivity index is 1.90. The fourth-order valence-electron chi connectivity index (χ4n) is 3.11. The zero-order chi connectivity index (χ0) is 17.8. The van der Waals surface area contributed by atoms with Crippen molar-refractivity contribution in [1.29, 1.82) is 0 Å². The Bertz CT molecular complexity index is 1430. The van der Waals surface area contributed by atoms with Crippen LogP contribution in [0.1, 0.15) is 0 Å². The lowest BCUT2D eigenvalue weighted by molar-refractivity contribution is 0.467. The molecule has 0 radical (unpaired) electrons. The molecular formula is C20H10O6. The summed E-state index contributed by atoms with van der Waals surface area (Å²) in [7, 11) is 0. The summed E-state index contributed by atoms with van der Waals surface area (Å²) in [4.78, 5) is 24.6. The Labute approximate surface area is 144 Å². The summed E-state index contributed by atoms with van der Waals surface area (Å²) >= 11 is 0. The van der Waals surface area contributed by atoms with E-state index in [9.17, 15) is 14.7 Å². The summed E-state index contributed by atoms with van der Waals surface area (Å²) < 4.78 is 16.3. The van der Waals surface area contributed by atoms with Crippen LogP contribution in [0.25, 0.3) is 44.2 Å². The molecule has 6 nitrogen and oxygen atoms in total. The number of benzene rings is 2. The molecule has 5 aromatic rings. The molecule has 0 aliphatic heterocycles. The summed E-state index contributed by atoms with van der Waals surface area (Å²) in [5, 5.41) is 11.7. The normalized spacial score (nSPS) is 11.5. The van der Waals surface area contributed by atoms with Gasteiger partial charge in [-0.2, -0.15) is 0 Å². The minimum Gasteiger partial charge on any atom is -0.506 e. The summed E-state index contributed by atoms with van der Waals surface area (Å²) in [5.41, 5.74) is -0.546. The van der Waals surface area contributed by atoms with Crippen LogP contribution in [-0.2, 0) is 0 Å². The highest BCUT2D eigenvalue weighted by atomic mass is 16.4. The van der Waals surface area contributed by atoms with E-state index >= 15 is 0 Å². The molecule has 0 spiro atoms. The Hall–Kier alpha value is -3.80. The van der Waals surface area contributed by atoms with E-state index in [1.54, 1.807) is 48.5 Å². The third-order valence-electron chi connectivity index (χ3n) is 4.32. The molecule has 0 bridgehead atoms. The van der Waals surface area contributed by atoms with Crippen molar-refractivity contribution in [3.05, 3.63) is 75.4 Å². The van der Waals surface area contributed by atoms with Crippen LogP contribution in [0.2, 0.25) is 0 Å². The SMILES string of the molecule is O=c1oc2ccccc2c(O)c1-c1cc2c(=O)oc3ccccc3c2o1. The van der Waals surface area contributed by atoms with Crippen molar-refractivity contribution in [3.8, 4) is 17.1 Å². The van der Waals surface area contributed by atoms with Crippen LogP contribution in [0.5, 0.6) is 5.75 Å². The van der Waals surface area contributed by atoms with Crippen molar-refractivity contribution in [3.63, 3.8) is 0 Å². The van der Waals surface area contributed by atoms with Gasteiger partial charge in [0.25, 0.3) is 0 Å². The maximum Gasteiger partial charge on any atom is 0.351 e. The molecule has 5 rings (SSSR count). The lowest BCUT2D eigenvalue weighted by Crippen LogP contribution is -2.02. The van der Waals surface area contributed by atoms with Gasteiger partial charge < -0.3 is 18.4 Å². The molecule has 1 N–H and O–H groups in total. The molecule has 0 unspecified atom stereocenters. The van der Waals surface area contributed by atoms with Gasteiger partial charge in [-0.1, -0.05) is 24.3 Å². The first kappa shape index (κ1) is 14.5. The van der Waals surface area contributed by atoms with E-state index < -0.39 is 11.3 Å². The molecule has 0 amide bonds. The van der Waals surface area contributed by atoms with Crippen LogP contribution in [-0.4, -0.2) is 5.11 Å². The van der Waals surface area contributed by atoms with Gasteiger partial charge in [0.2, 0.25) is 0 Å². The van der Waals surface area contributed by atoms with E-state index in [0.29, 0.717) is 21.9 Å². The molecule has 0 saturated heterocycles. The van der Waals surface area contributed by atoms with Gasteiger partial charge >= 0.3 is 11.3 Å². The summed E-state index contributed by atoms with van der Waals surface area (Å²) in [5.74, 6) is -0.217. The largest absolute Gasteiger partial charge is 0.506 e. The highest BCUT2D eigenvalue weighted by Gasteiger charge is 2.21. The standard InChI is InChI=1S/C20H10O6/c21-17-10-5-1-3-7-13(10)26-20(23)16(17)15-9-12-18(24-15)11-6-2-4-8-14(11)25-19(12)22/h1-9,21H. The second-order valence-corrected chi connectivity index (χ2v) is 5.85. The Morgan fingerprint density at radius 1 is 0.692 bits per heavy atom. The molecule has 2 aromatic carbocycles. The van der Waals surface area contributed by atoms with Crippen LogP contribution in [0.15, 0.2) is 77.4 Å². The Morgan fingerprint density at radius 2 is 1.31 bits per heavy atom. The molecule has 26 heavy (non-hydrogen) atoms. The fraction of sp³-hybridized carbons (Fsp3) is 0. The fourth-order valence-corrected chi connectivity index (χ4v) is 3.11. The van der Waals surface area contributed by atoms with Crippen molar-refractivity contribution in [1.82, 2.24) is 0 Å². The molecule has 0 aliphatic carbocycles. The monoisotopic (exact) mass is 346 g/mol. The average Bonchev–Trinajstić information content (AvgIpc) is 3.08. The number of furan rings is 1. The third kappa shape index (κ3) is 1.92. The lowest BCUT2D eigenvalue weighted by Gasteiger charge is -2.03. The first-order valence-electron chi connectivity index (χ1n) is 7.84. The van der Waals surface area contributed by atoms with Crippen LogP contribution >= 0.6 is 0 Å². The maximum atomic E-state index is 12.4. The van der Waals surface area contributed by atoms with E-state index in [-0.39, 0.29) is 28.0 Å². The summed E-state index contributed by atoms with van der Waals surface area (Å²) in [6.45, 7) is 0. The van der Waals surface area contributed by atoms with Gasteiger partial charge in [0.15, 0.2) is 5.58 Å². The van der Waals surface area contributed by atoms with Crippen LogP contribution in [0.4, 0.5) is 0 Å². The smallest absolute Gasteiger partial charge is 0.351 e. The third-order valence-corrected chi connectivity index (χ3v) is 4.32. The predicted molar refractivity (Wildman–Crippen MR) is 95.4 cm³/mol. The van der Waals surface area contributed by atoms with Crippen molar-refractivity contribution in [2.24, 2.45) is 0 Å². The van der Waals surface area contributed by atoms with E-state index in [2.05, 4.69) is 0 Å². The number of fused-ring (bicyclic) bond motifs is 4. The number of para-hydroxylation sites is 2. The van der Waals surface area contributed by atoms with E-state index in [4.69, 9.17) is 13.3 Å². The molecule has 3 aromatic heterocycles. The Morgan fingerprint density at radius 3 is 2.08 bits per heavy atom. The van der Waals surface area contributed by atoms with E-state index in [1.165, 1.54) is 6.07 Å². The quantitative estimate of drug-likeness (QED) is 0.461. The van der Waals surface area contributed by atoms with Gasteiger partial charge in [0, 0.05) is 6.07 Å². The number of aromatic hydroxyl groups is 1. The van der Waals surface area contributed by atoms with Gasteiger partial charge in [-0.25, -0.2) is 9.59 Å². The van der Waals surface area contributed by atoms with Gasteiger partial charge in [0.1, 0.15) is 33.6 Å². The van der Waals surface area contributed by atoms with Crippen molar-refractivity contribution in [2.75, 3.05) is 0 Å². The first-order chi connectivity index (χ1) is 12.6. The van der Waals surface area contributed by atoms with Crippen molar-refractivity contribution < 1.29 is 18.4 Å². The number of rotatable bonds is 1. The molecule has 3 heterocycles. The summed E-state index contributed by atoms with van der Waals surface area (Å²) in [6, 6.07) is 14.9. The van der Waals surface area contributed by atoms with Crippen LogP contribution in [0, 0.1) is 0 Å². The highest BCUT2D eigenvalue weighted by molar-refractivity contribution is 6.02. The van der Waals surface area contributed by atoms with Gasteiger partial charge in [-0.3, -0.25) is 0 Å². The van der Waals surface area contributed by atoms with Crippen molar-refractivity contribution in [2.45, 2.75) is 0 Å². The van der Waals surface area contributed by atoms with Gasteiger partial charge in [0.05, 0.1) is 10.8 Å². The van der Waals surface area contributed by atoms with E-state index in [1.807, 2.05) is 0 Å². The molecule has 126 valence electrons. The molecular weight excluding hydrogens is 336 g/mol. The molecule has 0 atom stereocenters. The minimum absolute atomic E-state index is 0.0423.